The van der Waals surface area contributed by atoms with E-state index in [1.54, 1.807) is 0 Å². The topological polar surface area (TPSA) is 35.2 Å². The molecule has 21 heavy (non-hydrogen) atoms. The molecule has 0 spiro atoms. The Kier molecular flexibility index (Phi) is 3.28. The standard InChI is InChI=1S/C19H21NO/c20-19(16-7-8-17-11-21-12-18(17)10-16)15-6-5-13-3-1-2-4-14(13)9-15/h1-4,7-8,10,15,19H,5-6,9,11-12,20H2. The van der Waals surface area contributed by atoms with Gasteiger partial charge < -0.3 is 10.5 Å². The molecule has 0 amide bonds. The van der Waals surface area contributed by atoms with Crippen molar-refractivity contribution >= 4 is 0 Å². The normalized spacial score (nSPS) is 21.7. The molecule has 2 heteroatoms. The van der Waals surface area contributed by atoms with Gasteiger partial charge in [-0.1, -0.05) is 42.5 Å². The Labute approximate surface area is 125 Å². The van der Waals surface area contributed by atoms with E-state index in [1.165, 1.54) is 34.2 Å². The smallest absolute Gasteiger partial charge is 0.0725 e. The van der Waals surface area contributed by atoms with Crippen LogP contribution in [0.2, 0.25) is 0 Å². The molecule has 2 unspecified atom stereocenters. The molecule has 2 aromatic rings. The largest absolute Gasteiger partial charge is 0.372 e. The molecule has 1 heterocycles. The fraction of sp³-hybridized carbons (Fsp3) is 0.368. The van der Waals surface area contributed by atoms with Crippen molar-refractivity contribution in [1.29, 1.82) is 0 Å². The highest BCUT2D eigenvalue weighted by Gasteiger charge is 2.25. The molecule has 2 nitrogen and oxygen atoms in total. The van der Waals surface area contributed by atoms with Crippen LogP contribution < -0.4 is 5.73 Å². The van der Waals surface area contributed by atoms with E-state index in [0.29, 0.717) is 5.92 Å². The molecule has 1 aliphatic carbocycles. The molecule has 2 N–H and O–H groups in total. The lowest BCUT2D eigenvalue weighted by Gasteiger charge is -2.29. The van der Waals surface area contributed by atoms with Crippen LogP contribution in [0, 0.1) is 5.92 Å². The fourth-order valence-electron chi connectivity index (χ4n) is 3.70. The van der Waals surface area contributed by atoms with E-state index in [-0.39, 0.29) is 6.04 Å². The Morgan fingerprint density at radius 1 is 0.952 bits per heavy atom. The Morgan fingerprint density at radius 2 is 1.76 bits per heavy atom. The van der Waals surface area contributed by atoms with E-state index in [1.807, 2.05) is 0 Å². The number of fused-ring (bicyclic) bond motifs is 2. The maximum absolute atomic E-state index is 6.58. The van der Waals surface area contributed by atoms with Crippen molar-refractivity contribution in [3.05, 3.63) is 70.3 Å². The summed E-state index contributed by atoms with van der Waals surface area (Å²) < 4.78 is 5.50. The van der Waals surface area contributed by atoms with Gasteiger partial charge in [-0.2, -0.15) is 0 Å². The Morgan fingerprint density at radius 3 is 2.67 bits per heavy atom. The maximum atomic E-state index is 6.58. The van der Waals surface area contributed by atoms with Gasteiger partial charge in [-0.3, -0.25) is 0 Å². The van der Waals surface area contributed by atoms with Crippen LogP contribution >= 0.6 is 0 Å². The summed E-state index contributed by atoms with van der Waals surface area (Å²) in [6, 6.07) is 15.6. The van der Waals surface area contributed by atoms with Crippen LogP contribution in [0.25, 0.3) is 0 Å². The minimum absolute atomic E-state index is 0.129. The van der Waals surface area contributed by atoms with Crippen LogP contribution in [0.1, 0.15) is 40.3 Å². The highest BCUT2D eigenvalue weighted by molar-refractivity contribution is 5.36. The second kappa shape index (κ2) is 5.28. The molecular formula is C19H21NO. The summed E-state index contributed by atoms with van der Waals surface area (Å²) in [5, 5.41) is 0. The molecule has 0 fully saturated rings. The molecule has 0 aromatic heterocycles. The van der Waals surface area contributed by atoms with Crippen LogP contribution in [0.15, 0.2) is 42.5 Å². The fourth-order valence-corrected chi connectivity index (χ4v) is 3.70. The van der Waals surface area contributed by atoms with Gasteiger partial charge in [0.15, 0.2) is 0 Å². The zero-order valence-corrected chi connectivity index (χ0v) is 12.2. The van der Waals surface area contributed by atoms with Gasteiger partial charge in [-0.05, 0) is 53.0 Å². The molecule has 2 atom stereocenters. The first-order valence-electron chi connectivity index (χ1n) is 7.83. The summed E-state index contributed by atoms with van der Waals surface area (Å²) in [7, 11) is 0. The lowest BCUT2D eigenvalue weighted by molar-refractivity contribution is 0.134. The summed E-state index contributed by atoms with van der Waals surface area (Å²) in [6.45, 7) is 1.49. The van der Waals surface area contributed by atoms with Gasteiger partial charge in [0, 0.05) is 6.04 Å². The van der Waals surface area contributed by atoms with Crippen LogP contribution in [0.3, 0.4) is 0 Å². The van der Waals surface area contributed by atoms with Crippen LogP contribution in [0.5, 0.6) is 0 Å². The van der Waals surface area contributed by atoms with E-state index in [0.717, 1.165) is 26.1 Å². The molecule has 108 valence electrons. The number of nitrogens with two attached hydrogens (primary N) is 1. The zero-order chi connectivity index (χ0) is 14.2. The molecule has 0 saturated heterocycles. The highest BCUT2D eigenvalue weighted by Crippen LogP contribution is 2.34. The monoisotopic (exact) mass is 279 g/mol. The predicted octanol–water partition coefficient (Wildman–Crippen LogP) is 3.52. The lowest BCUT2D eigenvalue weighted by Crippen LogP contribution is -2.27. The van der Waals surface area contributed by atoms with Gasteiger partial charge in [0.1, 0.15) is 0 Å². The van der Waals surface area contributed by atoms with Crippen LogP contribution in [-0.2, 0) is 30.8 Å². The molecule has 0 saturated carbocycles. The average molecular weight is 279 g/mol. The molecule has 0 bridgehead atoms. The lowest BCUT2D eigenvalue weighted by atomic mass is 9.78. The Hall–Kier alpha value is -1.64. The first-order chi connectivity index (χ1) is 10.3. The van der Waals surface area contributed by atoms with Crippen molar-refractivity contribution < 1.29 is 4.74 Å². The Balaban J connectivity index is 1.57. The number of benzene rings is 2. The van der Waals surface area contributed by atoms with E-state index >= 15 is 0 Å². The van der Waals surface area contributed by atoms with Gasteiger partial charge >= 0.3 is 0 Å². The maximum Gasteiger partial charge on any atom is 0.0725 e. The third kappa shape index (κ3) is 2.39. The summed E-state index contributed by atoms with van der Waals surface area (Å²) in [5.41, 5.74) is 13.5. The number of rotatable bonds is 2. The van der Waals surface area contributed by atoms with Crippen molar-refractivity contribution in [2.45, 2.75) is 38.5 Å². The van der Waals surface area contributed by atoms with Crippen molar-refractivity contribution in [3.63, 3.8) is 0 Å². The van der Waals surface area contributed by atoms with E-state index < -0.39 is 0 Å². The van der Waals surface area contributed by atoms with E-state index in [9.17, 15) is 0 Å². The van der Waals surface area contributed by atoms with E-state index in [4.69, 9.17) is 10.5 Å². The van der Waals surface area contributed by atoms with Gasteiger partial charge in [0.25, 0.3) is 0 Å². The summed E-state index contributed by atoms with van der Waals surface area (Å²) in [4.78, 5) is 0. The van der Waals surface area contributed by atoms with Crippen LogP contribution in [-0.4, -0.2) is 0 Å². The first kappa shape index (κ1) is 13.1. The third-order valence-corrected chi connectivity index (χ3v) is 5.02. The van der Waals surface area contributed by atoms with Gasteiger partial charge in [-0.25, -0.2) is 0 Å². The molecule has 4 rings (SSSR count). The van der Waals surface area contributed by atoms with Crippen molar-refractivity contribution in [3.8, 4) is 0 Å². The number of aryl methyl sites for hydroxylation is 1. The zero-order valence-electron chi connectivity index (χ0n) is 12.2. The minimum Gasteiger partial charge on any atom is -0.372 e. The summed E-state index contributed by atoms with van der Waals surface area (Å²) >= 11 is 0. The predicted molar refractivity (Wildman–Crippen MR) is 83.8 cm³/mol. The molecular weight excluding hydrogens is 258 g/mol. The number of hydrogen-bond donors (Lipinski definition) is 1. The molecule has 0 radical (unpaired) electrons. The van der Waals surface area contributed by atoms with E-state index in [2.05, 4.69) is 42.5 Å². The van der Waals surface area contributed by atoms with Crippen molar-refractivity contribution in [2.75, 3.05) is 0 Å². The number of hydrogen-bond acceptors (Lipinski definition) is 2. The van der Waals surface area contributed by atoms with Gasteiger partial charge in [0.05, 0.1) is 13.2 Å². The SMILES string of the molecule is NC(c1ccc2c(c1)COC2)C1CCc2ccccc2C1. The third-order valence-electron chi connectivity index (χ3n) is 5.02. The molecule has 1 aliphatic heterocycles. The van der Waals surface area contributed by atoms with Crippen molar-refractivity contribution in [1.82, 2.24) is 0 Å². The van der Waals surface area contributed by atoms with Crippen molar-refractivity contribution in [2.24, 2.45) is 11.7 Å². The molecule has 2 aliphatic rings. The number of ether oxygens (including phenoxy) is 1. The first-order valence-corrected chi connectivity index (χ1v) is 7.83. The quantitative estimate of drug-likeness (QED) is 0.913. The van der Waals surface area contributed by atoms with Gasteiger partial charge in [0.2, 0.25) is 0 Å². The highest BCUT2D eigenvalue weighted by atomic mass is 16.5. The summed E-state index contributed by atoms with van der Waals surface area (Å²) in [5.74, 6) is 0.542. The molecule has 2 aromatic carbocycles. The van der Waals surface area contributed by atoms with Gasteiger partial charge in [-0.15, -0.1) is 0 Å². The second-order valence-corrected chi connectivity index (χ2v) is 6.32. The summed E-state index contributed by atoms with van der Waals surface area (Å²) in [6.07, 6.45) is 3.44. The second-order valence-electron chi connectivity index (χ2n) is 6.32. The Bertz CT molecular complexity index is 664. The minimum atomic E-state index is 0.129. The average Bonchev–Trinajstić information content (AvgIpc) is 3.01. The van der Waals surface area contributed by atoms with Crippen LogP contribution in [0.4, 0.5) is 0 Å².